The van der Waals surface area contributed by atoms with Crippen LogP contribution < -0.4 is 0 Å². The third kappa shape index (κ3) is 1.15. The lowest BCUT2D eigenvalue weighted by Gasteiger charge is -1.95. The van der Waals surface area contributed by atoms with Crippen molar-refractivity contribution in [2.24, 2.45) is 0 Å². The van der Waals surface area contributed by atoms with Crippen LogP contribution in [0, 0.1) is 22.7 Å². The van der Waals surface area contributed by atoms with Crippen molar-refractivity contribution in [1.29, 1.82) is 10.5 Å². The van der Waals surface area contributed by atoms with Crippen molar-refractivity contribution in [3.63, 3.8) is 0 Å². The van der Waals surface area contributed by atoms with E-state index in [4.69, 9.17) is 10.5 Å². The van der Waals surface area contributed by atoms with Crippen LogP contribution in [0.1, 0.15) is 11.4 Å². The van der Waals surface area contributed by atoms with Crippen LogP contribution in [0.25, 0.3) is 5.13 Å². The minimum Gasteiger partial charge on any atom is -0.264 e. The van der Waals surface area contributed by atoms with E-state index in [9.17, 15) is 0 Å². The van der Waals surface area contributed by atoms with E-state index in [1.807, 2.05) is 12.1 Å². The monoisotopic (exact) mass is 201 g/mol. The molecule has 66 valence electrons. The average Bonchev–Trinajstić information content (AvgIpc) is 2.85. The Labute approximate surface area is 83.5 Å². The molecule has 0 amide bonds. The summed E-state index contributed by atoms with van der Waals surface area (Å²) in [5.74, 6) is 0. The molecule has 0 aliphatic carbocycles. The highest BCUT2D eigenvalue weighted by atomic mass is 32.1. The quantitative estimate of drug-likeness (QED) is 0.691. The van der Waals surface area contributed by atoms with Crippen molar-refractivity contribution in [3.8, 4) is 17.3 Å². The summed E-state index contributed by atoms with van der Waals surface area (Å²) >= 11 is 1.38. The van der Waals surface area contributed by atoms with Gasteiger partial charge in [0.2, 0.25) is 0 Å². The molecular formula is C8H3N5S. The number of hydrogen-bond acceptors (Lipinski definition) is 5. The molecule has 0 saturated carbocycles. The van der Waals surface area contributed by atoms with Gasteiger partial charge in [0, 0.05) is 11.6 Å². The highest BCUT2D eigenvalue weighted by Gasteiger charge is 2.12. The van der Waals surface area contributed by atoms with Crippen LogP contribution in [0.4, 0.5) is 0 Å². The van der Waals surface area contributed by atoms with Crippen LogP contribution in [-0.4, -0.2) is 14.5 Å². The predicted molar refractivity (Wildman–Crippen MR) is 48.7 cm³/mol. The molecule has 2 heterocycles. The molecule has 14 heavy (non-hydrogen) atoms. The summed E-state index contributed by atoms with van der Waals surface area (Å²) in [6.07, 6.45) is 3.06. The van der Waals surface area contributed by atoms with Gasteiger partial charge in [-0.05, 0) is 0 Å². The Balaban J connectivity index is 2.63. The zero-order chi connectivity index (χ0) is 9.97. The number of hydrogen-bond donors (Lipinski definition) is 0. The molecule has 2 aromatic heterocycles. The lowest BCUT2D eigenvalue weighted by molar-refractivity contribution is 1.01. The second kappa shape index (κ2) is 3.29. The summed E-state index contributed by atoms with van der Waals surface area (Å²) in [7, 11) is 0. The fourth-order valence-electron chi connectivity index (χ4n) is 1.02. The SMILES string of the molecule is N#Cc1ncn(-c2nccs2)c1C#N. The van der Waals surface area contributed by atoms with Gasteiger partial charge in [-0.25, -0.2) is 9.97 Å². The molecule has 0 N–H and O–H groups in total. The Bertz CT molecular complexity index is 525. The van der Waals surface area contributed by atoms with Crippen LogP contribution in [0.2, 0.25) is 0 Å². The molecule has 2 aromatic rings. The minimum absolute atomic E-state index is 0.128. The van der Waals surface area contributed by atoms with E-state index >= 15 is 0 Å². The van der Waals surface area contributed by atoms with Gasteiger partial charge in [-0.1, -0.05) is 0 Å². The largest absolute Gasteiger partial charge is 0.264 e. The zero-order valence-electron chi connectivity index (χ0n) is 6.88. The summed E-state index contributed by atoms with van der Waals surface area (Å²) in [6.45, 7) is 0. The number of nitriles is 2. The number of nitrogens with zero attached hydrogens (tertiary/aromatic N) is 5. The van der Waals surface area contributed by atoms with Crippen molar-refractivity contribution < 1.29 is 0 Å². The summed E-state index contributed by atoms with van der Waals surface area (Å²) < 4.78 is 1.50. The van der Waals surface area contributed by atoms with Crippen molar-refractivity contribution in [2.45, 2.75) is 0 Å². The van der Waals surface area contributed by atoms with Gasteiger partial charge in [0.15, 0.2) is 16.5 Å². The van der Waals surface area contributed by atoms with Gasteiger partial charge in [0.05, 0.1) is 0 Å². The molecule has 0 spiro atoms. The van der Waals surface area contributed by atoms with Crippen molar-refractivity contribution in [2.75, 3.05) is 0 Å². The Morgan fingerprint density at radius 1 is 1.29 bits per heavy atom. The molecule has 6 heteroatoms. The maximum absolute atomic E-state index is 8.83. The standard InChI is InChI=1S/C8H3N5S/c9-3-6-7(4-10)13(5-12-6)8-11-1-2-14-8/h1-2,5H. The molecule has 0 aliphatic rings. The van der Waals surface area contributed by atoms with Gasteiger partial charge in [-0.2, -0.15) is 10.5 Å². The van der Waals surface area contributed by atoms with E-state index < -0.39 is 0 Å². The second-order valence-electron chi connectivity index (χ2n) is 2.35. The Morgan fingerprint density at radius 2 is 2.14 bits per heavy atom. The number of aromatic nitrogens is 3. The van der Waals surface area contributed by atoms with E-state index in [0.29, 0.717) is 5.13 Å². The zero-order valence-corrected chi connectivity index (χ0v) is 7.69. The maximum Gasteiger partial charge on any atom is 0.195 e. The van der Waals surface area contributed by atoms with Crippen molar-refractivity contribution in [3.05, 3.63) is 29.3 Å². The van der Waals surface area contributed by atoms with E-state index in [2.05, 4.69) is 9.97 Å². The molecule has 0 radical (unpaired) electrons. The molecule has 2 rings (SSSR count). The van der Waals surface area contributed by atoms with Crippen molar-refractivity contribution >= 4 is 11.3 Å². The molecule has 0 saturated heterocycles. The summed E-state index contributed by atoms with van der Waals surface area (Å²) in [5, 5.41) is 19.9. The first-order valence-corrected chi connectivity index (χ1v) is 4.52. The van der Waals surface area contributed by atoms with Gasteiger partial charge in [-0.15, -0.1) is 11.3 Å². The maximum atomic E-state index is 8.83. The first kappa shape index (κ1) is 8.42. The second-order valence-corrected chi connectivity index (χ2v) is 3.22. The molecule has 0 bridgehead atoms. The smallest absolute Gasteiger partial charge is 0.195 e. The van der Waals surface area contributed by atoms with Gasteiger partial charge in [-0.3, -0.25) is 4.57 Å². The lowest BCUT2D eigenvalue weighted by atomic mass is 10.4. The van der Waals surface area contributed by atoms with Crippen molar-refractivity contribution in [1.82, 2.24) is 14.5 Å². The number of rotatable bonds is 1. The highest BCUT2D eigenvalue weighted by Crippen LogP contribution is 2.15. The topological polar surface area (TPSA) is 78.3 Å². The fourth-order valence-corrected chi connectivity index (χ4v) is 1.63. The lowest BCUT2D eigenvalue weighted by Crippen LogP contribution is -1.95. The number of thiazole rings is 1. The summed E-state index contributed by atoms with van der Waals surface area (Å²) in [6, 6.07) is 3.78. The highest BCUT2D eigenvalue weighted by molar-refractivity contribution is 7.12. The van der Waals surface area contributed by atoms with Crippen LogP contribution in [0.5, 0.6) is 0 Å². The first-order chi connectivity index (χ1) is 6.86. The van der Waals surface area contributed by atoms with Gasteiger partial charge in [0.25, 0.3) is 0 Å². The minimum atomic E-state index is 0.128. The predicted octanol–water partition coefficient (Wildman–Crippen LogP) is 1.07. The van der Waals surface area contributed by atoms with E-state index in [1.54, 1.807) is 11.6 Å². The molecule has 5 nitrogen and oxygen atoms in total. The van der Waals surface area contributed by atoms with Gasteiger partial charge >= 0.3 is 0 Å². The van der Waals surface area contributed by atoms with Gasteiger partial charge in [0.1, 0.15) is 18.5 Å². The molecular weight excluding hydrogens is 198 g/mol. The van der Waals surface area contributed by atoms with E-state index in [0.717, 1.165) is 0 Å². The first-order valence-electron chi connectivity index (χ1n) is 3.64. The molecule has 0 aromatic carbocycles. The molecule has 0 fully saturated rings. The Morgan fingerprint density at radius 3 is 2.71 bits per heavy atom. The third-order valence-corrected chi connectivity index (χ3v) is 2.38. The summed E-state index contributed by atoms with van der Waals surface area (Å²) in [4.78, 5) is 7.83. The molecule has 0 atom stereocenters. The number of imidazole rings is 1. The molecule has 0 aliphatic heterocycles. The fraction of sp³-hybridized carbons (Fsp3) is 0. The average molecular weight is 201 g/mol. The third-order valence-electron chi connectivity index (χ3n) is 1.60. The van der Waals surface area contributed by atoms with Gasteiger partial charge < -0.3 is 0 Å². The molecule has 0 unspecified atom stereocenters. The van der Waals surface area contributed by atoms with E-state index in [-0.39, 0.29) is 11.4 Å². The summed E-state index contributed by atoms with van der Waals surface area (Å²) in [5.41, 5.74) is 0.352. The van der Waals surface area contributed by atoms with Crippen LogP contribution in [0.3, 0.4) is 0 Å². The van der Waals surface area contributed by atoms with E-state index in [1.165, 1.54) is 22.2 Å². The Hall–Kier alpha value is -2.18. The van der Waals surface area contributed by atoms with Crippen LogP contribution >= 0.6 is 11.3 Å². The van der Waals surface area contributed by atoms with Crippen LogP contribution in [0.15, 0.2) is 17.9 Å². The van der Waals surface area contributed by atoms with Crippen LogP contribution in [-0.2, 0) is 0 Å². The normalized spacial score (nSPS) is 9.29. The Kier molecular flexibility index (Phi) is 1.98.